The third-order valence-corrected chi connectivity index (χ3v) is 5.94. The molecule has 9 heteroatoms. The standard InChI is InChI=1S/C24H23N3O5S/c1-27-22(28)24(26-23(27)25,18-10-12-20(13-11-18)32-33(3,29)30)19-8-4-6-16(14-19)17-7-5-9-21(15-17)31-2/h4-15H,1-3H3,(H2,25,26)/t24-/m1/s1. The summed E-state index contributed by atoms with van der Waals surface area (Å²) in [4.78, 5) is 19.4. The Hall–Kier alpha value is -3.85. The number of rotatable bonds is 6. The lowest BCUT2D eigenvalue weighted by Gasteiger charge is -2.26. The fraction of sp³-hybridized carbons (Fsp3) is 0.167. The molecule has 0 radical (unpaired) electrons. The predicted molar refractivity (Wildman–Crippen MR) is 126 cm³/mol. The molecule has 0 saturated heterocycles. The zero-order valence-electron chi connectivity index (χ0n) is 18.3. The highest BCUT2D eigenvalue weighted by atomic mass is 32.2. The Morgan fingerprint density at radius 1 is 0.909 bits per heavy atom. The Bertz CT molecular complexity index is 1350. The summed E-state index contributed by atoms with van der Waals surface area (Å²) in [7, 11) is -0.511. The third-order valence-electron chi connectivity index (χ3n) is 5.44. The van der Waals surface area contributed by atoms with E-state index in [9.17, 15) is 13.2 Å². The molecule has 0 unspecified atom stereocenters. The topological polar surface area (TPSA) is 111 Å². The first-order valence-corrected chi connectivity index (χ1v) is 11.8. The van der Waals surface area contributed by atoms with Crippen LogP contribution >= 0.6 is 0 Å². The van der Waals surface area contributed by atoms with Crippen LogP contribution in [0.25, 0.3) is 11.1 Å². The summed E-state index contributed by atoms with van der Waals surface area (Å²) in [6, 6.07) is 21.3. The van der Waals surface area contributed by atoms with Gasteiger partial charge in [0.15, 0.2) is 11.5 Å². The summed E-state index contributed by atoms with van der Waals surface area (Å²) < 4.78 is 33.2. The van der Waals surface area contributed by atoms with Crippen LogP contribution in [0.15, 0.2) is 77.8 Å². The van der Waals surface area contributed by atoms with Crippen LogP contribution in [0.4, 0.5) is 0 Å². The van der Waals surface area contributed by atoms with Gasteiger partial charge in [-0.25, -0.2) is 4.99 Å². The van der Waals surface area contributed by atoms with Gasteiger partial charge in [-0.05, 0) is 52.6 Å². The fourth-order valence-electron chi connectivity index (χ4n) is 3.84. The monoisotopic (exact) mass is 465 g/mol. The van der Waals surface area contributed by atoms with Gasteiger partial charge in [0.25, 0.3) is 5.91 Å². The number of guanidine groups is 1. The van der Waals surface area contributed by atoms with Gasteiger partial charge in [0, 0.05) is 7.05 Å². The van der Waals surface area contributed by atoms with E-state index in [4.69, 9.17) is 14.7 Å². The Kier molecular flexibility index (Phi) is 5.59. The van der Waals surface area contributed by atoms with Crippen LogP contribution in [0.1, 0.15) is 11.1 Å². The molecule has 1 aliphatic rings. The molecule has 3 aromatic carbocycles. The molecule has 0 saturated carbocycles. The average molecular weight is 466 g/mol. The highest BCUT2D eigenvalue weighted by Gasteiger charge is 2.49. The van der Waals surface area contributed by atoms with Gasteiger partial charge in [0.1, 0.15) is 11.5 Å². The lowest BCUT2D eigenvalue weighted by atomic mass is 9.81. The minimum absolute atomic E-state index is 0.0863. The zero-order valence-corrected chi connectivity index (χ0v) is 19.2. The lowest BCUT2D eigenvalue weighted by Crippen LogP contribution is -2.41. The van der Waals surface area contributed by atoms with Crippen molar-refractivity contribution in [1.29, 1.82) is 0 Å². The Labute approximate surface area is 192 Å². The Morgan fingerprint density at radius 2 is 1.55 bits per heavy atom. The smallest absolute Gasteiger partial charge is 0.306 e. The highest BCUT2D eigenvalue weighted by Crippen LogP contribution is 2.41. The molecule has 1 aliphatic heterocycles. The SMILES string of the molecule is COc1cccc(-c2cccc([C@@]3(c4ccc(OS(C)(=O)=O)cc4)N=C(N)N(C)C3=O)c2)c1. The van der Waals surface area contributed by atoms with Gasteiger partial charge in [-0.3, -0.25) is 9.69 Å². The first-order chi connectivity index (χ1) is 15.6. The molecule has 3 aromatic rings. The van der Waals surface area contributed by atoms with Crippen molar-refractivity contribution in [2.24, 2.45) is 10.7 Å². The molecule has 1 amide bonds. The maximum Gasteiger partial charge on any atom is 0.306 e. The molecule has 0 aromatic heterocycles. The number of amides is 1. The van der Waals surface area contributed by atoms with Crippen LogP contribution in [0.3, 0.4) is 0 Å². The molecule has 0 spiro atoms. The van der Waals surface area contributed by atoms with Crippen molar-refractivity contribution in [3.63, 3.8) is 0 Å². The molecular formula is C24H23N3O5S. The Morgan fingerprint density at radius 3 is 2.12 bits per heavy atom. The van der Waals surface area contributed by atoms with Crippen LogP contribution in [-0.2, 0) is 20.5 Å². The maximum atomic E-state index is 13.5. The first kappa shape index (κ1) is 22.3. The Balaban J connectivity index is 1.85. The van der Waals surface area contributed by atoms with Crippen molar-refractivity contribution in [2.75, 3.05) is 20.4 Å². The molecule has 8 nitrogen and oxygen atoms in total. The third kappa shape index (κ3) is 4.14. The summed E-state index contributed by atoms with van der Waals surface area (Å²) in [5.74, 6) is 0.619. The quantitative estimate of drug-likeness (QED) is 0.561. The number of aliphatic imine (C=N–C) groups is 1. The molecule has 4 rings (SSSR count). The molecule has 2 N–H and O–H groups in total. The number of nitrogens with two attached hydrogens (primary N) is 1. The fourth-order valence-corrected chi connectivity index (χ4v) is 4.30. The minimum Gasteiger partial charge on any atom is -0.497 e. The molecular weight excluding hydrogens is 442 g/mol. The average Bonchev–Trinajstić information content (AvgIpc) is 3.03. The normalized spacial score (nSPS) is 18.2. The highest BCUT2D eigenvalue weighted by molar-refractivity contribution is 7.86. The lowest BCUT2D eigenvalue weighted by molar-refractivity contribution is -0.129. The number of carbonyl (C=O) groups is 1. The summed E-state index contributed by atoms with van der Waals surface area (Å²) >= 11 is 0. The largest absolute Gasteiger partial charge is 0.497 e. The number of likely N-dealkylation sites (N-methyl/N-ethyl adjacent to an activating group) is 1. The molecule has 0 aliphatic carbocycles. The number of nitrogens with zero attached hydrogens (tertiary/aromatic N) is 2. The van der Waals surface area contributed by atoms with E-state index in [1.54, 1.807) is 26.3 Å². The summed E-state index contributed by atoms with van der Waals surface area (Å²) in [6.45, 7) is 0. The second-order valence-corrected chi connectivity index (χ2v) is 9.24. The molecule has 0 fully saturated rings. The van der Waals surface area contributed by atoms with Crippen molar-refractivity contribution in [1.82, 2.24) is 4.90 Å². The van der Waals surface area contributed by atoms with E-state index in [1.807, 2.05) is 48.5 Å². The maximum absolute atomic E-state index is 13.5. The number of carbonyl (C=O) groups excluding carboxylic acids is 1. The molecule has 170 valence electrons. The molecule has 1 atom stereocenters. The number of hydrogen-bond donors (Lipinski definition) is 1. The number of ether oxygens (including phenoxy) is 1. The summed E-state index contributed by atoms with van der Waals surface area (Å²) in [6.07, 6.45) is 0.965. The molecule has 33 heavy (non-hydrogen) atoms. The first-order valence-electron chi connectivity index (χ1n) is 10.0. The van der Waals surface area contributed by atoms with Crippen LogP contribution < -0.4 is 14.7 Å². The van der Waals surface area contributed by atoms with E-state index in [1.165, 1.54) is 17.0 Å². The van der Waals surface area contributed by atoms with Crippen molar-refractivity contribution >= 4 is 22.0 Å². The second-order valence-electron chi connectivity index (χ2n) is 7.67. The second kappa shape index (κ2) is 8.25. The van der Waals surface area contributed by atoms with Crippen molar-refractivity contribution < 1.29 is 22.1 Å². The van der Waals surface area contributed by atoms with E-state index in [0.717, 1.165) is 17.4 Å². The van der Waals surface area contributed by atoms with Gasteiger partial charge < -0.3 is 14.7 Å². The van der Waals surface area contributed by atoms with Crippen molar-refractivity contribution in [2.45, 2.75) is 5.54 Å². The number of hydrogen-bond acceptors (Lipinski definition) is 7. The van der Waals surface area contributed by atoms with E-state index >= 15 is 0 Å². The van der Waals surface area contributed by atoms with Crippen LogP contribution in [0.5, 0.6) is 11.5 Å². The van der Waals surface area contributed by atoms with E-state index in [2.05, 4.69) is 4.99 Å². The van der Waals surface area contributed by atoms with Gasteiger partial charge in [0.05, 0.1) is 13.4 Å². The predicted octanol–water partition coefficient (Wildman–Crippen LogP) is 2.73. The minimum atomic E-state index is -3.68. The molecule has 0 bridgehead atoms. The van der Waals surface area contributed by atoms with Gasteiger partial charge in [-0.2, -0.15) is 8.42 Å². The van der Waals surface area contributed by atoms with Gasteiger partial charge >= 0.3 is 10.1 Å². The summed E-state index contributed by atoms with van der Waals surface area (Å²) in [5, 5.41) is 0. The van der Waals surface area contributed by atoms with Crippen LogP contribution in [0, 0.1) is 0 Å². The molecule has 1 heterocycles. The van der Waals surface area contributed by atoms with Gasteiger partial charge in [-0.15, -0.1) is 0 Å². The van der Waals surface area contributed by atoms with Crippen LogP contribution in [-0.4, -0.2) is 45.6 Å². The van der Waals surface area contributed by atoms with Crippen LogP contribution in [0.2, 0.25) is 0 Å². The van der Waals surface area contributed by atoms with E-state index in [-0.39, 0.29) is 17.6 Å². The van der Waals surface area contributed by atoms with E-state index < -0.39 is 15.7 Å². The van der Waals surface area contributed by atoms with Gasteiger partial charge in [-0.1, -0.05) is 42.5 Å². The number of benzene rings is 3. The summed E-state index contributed by atoms with van der Waals surface area (Å²) in [5.41, 5.74) is 7.58. The van der Waals surface area contributed by atoms with E-state index in [0.29, 0.717) is 16.9 Å². The number of methoxy groups -OCH3 is 1. The van der Waals surface area contributed by atoms with Crippen molar-refractivity contribution in [3.05, 3.63) is 83.9 Å². The zero-order chi connectivity index (χ0) is 23.8. The van der Waals surface area contributed by atoms with Gasteiger partial charge in [0.2, 0.25) is 0 Å². The van der Waals surface area contributed by atoms with Crippen molar-refractivity contribution in [3.8, 4) is 22.6 Å².